The van der Waals surface area contributed by atoms with Crippen LogP contribution in [-0.4, -0.2) is 74.3 Å². The van der Waals surface area contributed by atoms with Crippen LogP contribution in [-0.2, 0) is 27.9 Å². The van der Waals surface area contributed by atoms with Gasteiger partial charge in [0.15, 0.2) is 0 Å². The van der Waals surface area contributed by atoms with Gasteiger partial charge in [0, 0.05) is 12.8 Å². The van der Waals surface area contributed by atoms with Crippen molar-refractivity contribution in [3.05, 3.63) is 36.5 Å². The molecule has 68 heavy (non-hydrogen) atoms. The smallest absolute Gasteiger partial charge is 0.456 e. The van der Waals surface area contributed by atoms with Gasteiger partial charge in [-0.2, -0.15) is 0 Å². The Morgan fingerprint density at radius 1 is 0.529 bits per heavy atom. The highest BCUT2D eigenvalue weighted by molar-refractivity contribution is 7.47. The highest BCUT2D eigenvalue weighted by Gasteiger charge is 2.30. The van der Waals surface area contributed by atoms with Crippen molar-refractivity contribution in [3.63, 3.8) is 0 Å². The van der Waals surface area contributed by atoms with Crippen molar-refractivity contribution in [1.82, 2.24) is 5.32 Å². The van der Waals surface area contributed by atoms with Crippen LogP contribution >= 0.6 is 7.82 Å². The molecule has 0 spiro atoms. The number of nitrogens with zero attached hydrogens (tertiary/aromatic N) is 1. The normalized spacial score (nSPS) is 14.0. The van der Waals surface area contributed by atoms with E-state index >= 15 is 0 Å². The van der Waals surface area contributed by atoms with Crippen molar-refractivity contribution in [3.8, 4) is 0 Å². The van der Waals surface area contributed by atoms with Gasteiger partial charge in [-0.25, -0.2) is 4.57 Å². The van der Waals surface area contributed by atoms with E-state index in [0.717, 1.165) is 83.5 Å². The molecule has 0 fully saturated rings. The molecule has 0 aromatic carbocycles. The van der Waals surface area contributed by atoms with Crippen LogP contribution in [0.1, 0.15) is 271 Å². The van der Waals surface area contributed by atoms with Crippen molar-refractivity contribution in [2.24, 2.45) is 0 Å². The maximum Gasteiger partial charge on any atom is 0.472 e. The Kier molecular flexibility index (Phi) is 47.6. The molecule has 0 aromatic rings. The fourth-order valence-electron chi connectivity index (χ4n) is 8.39. The third-order valence-corrected chi connectivity index (χ3v) is 13.8. The van der Waals surface area contributed by atoms with E-state index in [1.54, 1.807) is 0 Å². The van der Waals surface area contributed by atoms with Crippen molar-refractivity contribution >= 4 is 19.7 Å². The monoisotopic (exact) mass is 980 g/mol. The van der Waals surface area contributed by atoms with Crippen LogP contribution in [0.25, 0.3) is 0 Å². The summed E-state index contributed by atoms with van der Waals surface area (Å²) in [6.07, 6.45) is 57.0. The molecule has 0 aliphatic heterocycles. The van der Waals surface area contributed by atoms with E-state index in [0.29, 0.717) is 23.9 Å². The zero-order valence-corrected chi connectivity index (χ0v) is 46.5. The van der Waals surface area contributed by atoms with Crippen LogP contribution in [0.2, 0.25) is 0 Å². The number of phosphoric acid groups is 1. The van der Waals surface area contributed by atoms with E-state index in [4.69, 9.17) is 13.8 Å². The summed E-state index contributed by atoms with van der Waals surface area (Å²) in [5.74, 6) is -0.505. The summed E-state index contributed by atoms with van der Waals surface area (Å²) < 4.78 is 30.6. The lowest BCUT2D eigenvalue weighted by Gasteiger charge is -2.27. The summed E-state index contributed by atoms with van der Waals surface area (Å²) in [5.41, 5.74) is 0. The fourth-order valence-corrected chi connectivity index (χ4v) is 9.13. The van der Waals surface area contributed by atoms with Crippen LogP contribution in [0.5, 0.6) is 0 Å². The van der Waals surface area contributed by atoms with Crippen LogP contribution in [0.15, 0.2) is 36.5 Å². The van der Waals surface area contributed by atoms with Gasteiger partial charge in [-0.1, -0.05) is 237 Å². The molecular formula is C58H112N2O7P+. The van der Waals surface area contributed by atoms with Crippen molar-refractivity contribution in [2.45, 2.75) is 283 Å². The number of hydrogen-bond donors (Lipinski definition) is 2. The van der Waals surface area contributed by atoms with Crippen LogP contribution in [0, 0.1) is 0 Å². The summed E-state index contributed by atoms with van der Waals surface area (Å²) >= 11 is 0. The molecule has 400 valence electrons. The molecule has 0 rings (SSSR count). The number of ether oxygens (including phenoxy) is 1. The van der Waals surface area contributed by atoms with Gasteiger partial charge in [0.25, 0.3) is 0 Å². The lowest BCUT2D eigenvalue weighted by atomic mass is 10.0. The molecule has 9 nitrogen and oxygen atoms in total. The number of phosphoric ester groups is 1. The largest absolute Gasteiger partial charge is 0.472 e. The van der Waals surface area contributed by atoms with E-state index in [1.807, 2.05) is 33.3 Å². The fraction of sp³-hybridized carbons (Fsp3) is 0.862. The van der Waals surface area contributed by atoms with E-state index in [9.17, 15) is 19.0 Å². The van der Waals surface area contributed by atoms with E-state index < -0.39 is 20.0 Å². The number of likely N-dealkylation sites (N-methyl/N-ethyl adjacent to an activating group) is 1. The number of amides is 1. The number of allylic oxidation sites excluding steroid dienone is 5. The summed E-state index contributed by atoms with van der Waals surface area (Å²) in [6.45, 7) is 6.92. The van der Waals surface area contributed by atoms with Crippen molar-refractivity contribution in [1.29, 1.82) is 0 Å². The van der Waals surface area contributed by atoms with Crippen LogP contribution < -0.4 is 5.32 Å². The lowest BCUT2D eigenvalue weighted by Crippen LogP contribution is -2.47. The van der Waals surface area contributed by atoms with Gasteiger partial charge in [-0.15, -0.1) is 0 Å². The van der Waals surface area contributed by atoms with Gasteiger partial charge in [-0.05, 0) is 57.4 Å². The Bertz CT molecular complexity index is 1270. The molecule has 0 aliphatic carbocycles. The number of rotatable bonds is 52. The van der Waals surface area contributed by atoms with Crippen molar-refractivity contribution < 1.29 is 37.3 Å². The van der Waals surface area contributed by atoms with Gasteiger partial charge in [-0.3, -0.25) is 18.6 Å². The predicted octanol–water partition coefficient (Wildman–Crippen LogP) is 17.2. The molecule has 0 saturated carbocycles. The standard InChI is InChI=1S/C58H111N2O7P/c1-7-10-13-16-19-22-25-28-30-33-36-39-42-45-48-51-58(62)67-56(49-46-43-40-37-34-31-27-24-21-18-15-12-9-3)55(54-66-68(63,64)65-53-52-60(4,5)6)59-57(61)50-47-44-41-38-35-32-29-26-23-20-17-14-11-8-2/h11,14,20,23,46,49,55-56H,7-10,12-13,15-19,21-22,24-45,47-48,50-54H2,1-6H3,(H-,59,61,63,64)/p+1/b14-11+,23-20+,49-46+. The molecule has 0 saturated heterocycles. The van der Waals surface area contributed by atoms with E-state index in [1.165, 1.54) is 154 Å². The number of esters is 1. The Labute approximate surface area is 421 Å². The van der Waals surface area contributed by atoms with E-state index in [2.05, 4.69) is 50.4 Å². The van der Waals surface area contributed by atoms with Crippen LogP contribution in [0.4, 0.5) is 0 Å². The molecule has 2 N–H and O–H groups in total. The van der Waals surface area contributed by atoms with E-state index in [-0.39, 0.29) is 25.1 Å². The average Bonchev–Trinajstić information content (AvgIpc) is 3.29. The zero-order valence-electron chi connectivity index (χ0n) is 45.6. The third kappa shape index (κ3) is 49.2. The number of carbonyl (C=O) groups excluding carboxylic acids is 2. The first-order chi connectivity index (χ1) is 32.9. The zero-order chi connectivity index (χ0) is 50.1. The average molecular weight is 981 g/mol. The number of carbonyl (C=O) groups is 2. The minimum atomic E-state index is -4.44. The molecule has 0 bridgehead atoms. The van der Waals surface area contributed by atoms with Crippen molar-refractivity contribution in [2.75, 3.05) is 40.9 Å². The topological polar surface area (TPSA) is 111 Å². The third-order valence-electron chi connectivity index (χ3n) is 12.8. The molecule has 0 radical (unpaired) electrons. The molecule has 0 aliphatic rings. The molecule has 0 aromatic heterocycles. The minimum Gasteiger partial charge on any atom is -0.456 e. The quantitative estimate of drug-likeness (QED) is 0.0205. The second kappa shape index (κ2) is 48.8. The Hall–Kier alpha value is -1.77. The molecule has 0 heterocycles. The van der Waals surface area contributed by atoms with Gasteiger partial charge < -0.3 is 19.4 Å². The number of quaternary nitrogens is 1. The second-order valence-corrected chi connectivity index (χ2v) is 22.2. The van der Waals surface area contributed by atoms with Gasteiger partial charge >= 0.3 is 13.8 Å². The Morgan fingerprint density at radius 3 is 1.40 bits per heavy atom. The summed E-state index contributed by atoms with van der Waals surface area (Å²) in [4.78, 5) is 37.6. The van der Waals surface area contributed by atoms with Gasteiger partial charge in [0.1, 0.15) is 19.3 Å². The first-order valence-corrected chi connectivity index (χ1v) is 30.3. The highest BCUT2D eigenvalue weighted by Crippen LogP contribution is 2.43. The van der Waals surface area contributed by atoms with Gasteiger partial charge in [0.2, 0.25) is 5.91 Å². The Morgan fingerprint density at radius 2 is 0.941 bits per heavy atom. The number of unbranched alkanes of at least 4 members (excludes halogenated alkanes) is 32. The second-order valence-electron chi connectivity index (χ2n) is 20.8. The summed E-state index contributed by atoms with van der Waals surface area (Å²) in [7, 11) is 1.50. The first kappa shape index (κ1) is 66.2. The SMILES string of the molecule is CC/C=C/C/C=C/CCCCCCCCCC(=O)NC(COP(=O)(O)OCC[N+](C)(C)C)C(/C=C/CCCCCCCCCCCCC)OC(=O)CCCCCCCCCCCCCCCCC. The maximum atomic E-state index is 13.5. The first-order valence-electron chi connectivity index (χ1n) is 28.8. The number of nitrogens with one attached hydrogen (secondary N) is 1. The minimum absolute atomic E-state index is 0.0405. The lowest BCUT2D eigenvalue weighted by molar-refractivity contribution is -0.870. The highest BCUT2D eigenvalue weighted by atomic mass is 31.2. The summed E-state index contributed by atoms with van der Waals surface area (Å²) in [5, 5.41) is 3.05. The summed E-state index contributed by atoms with van der Waals surface area (Å²) in [6, 6.07) is -0.847. The molecule has 10 heteroatoms. The molecule has 3 unspecified atom stereocenters. The molecule has 1 amide bonds. The van der Waals surface area contributed by atoms with Gasteiger partial charge in [0.05, 0.1) is 33.8 Å². The number of hydrogen-bond acceptors (Lipinski definition) is 6. The maximum absolute atomic E-state index is 13.5. The molecule has 3 atom stereocenters. The molecular weight excluding hydrogens is 868 g/mol. The van der Waals surface area contributed by atoms with Crippen LogP contribution in [0.3, 0.4) is 0 Å². The Balaban J connectivity index is 5.36. The predicted molar refractivity (Wildman–Crippen MR) is 291 cm³/mol.